The van der Waals surface area contributed by atoms with Crippen LogP contribution in [0.3, 0.4) is 0 Å². The minimum absolute atomic E-state index is 0.00727. The second-order valence-electron chi connectivity index (χ2n) is 6.04. The van der Waals surface area contributed by atoms with Gasteiger partial charge in [0.2, 0.25) is 5.91 Å². The van der Waals surface area contributed by atoms with Gasteiger partial charge in [-0.25, -0.2) is 0 Å². The molecule has 0 unspecified atom stereocenters. The van der Waals surface area contributed by atoms with Crippen LogP contribution in [0.15, 0.2) is 24.3 Å². The second kappa shape index (κ2) is 4.93. The number of carbonyl (C=O) groups excluding carboxylic acids is 1. The Morgan fingerprint density at radius 3 is 2.25 bits per heavy atom. The third-order valence-electron chi connectivity index (χ3n) is 4.64. The van der Waals surface area contributed by atoms with E-state index >= 15 is 0 Å². The molecule has 1 N–H and O–H groups in total. The van der Waals surface area contributed by atoms with Gasteiger partial charge in [0.05, 0.1) is 5.92 Å². The zero-order chi connectivity index (χ0) is 14.3. The van der Waals surface area contributed by atoms with Crippen molar-refractivity contribution in [3.8, 4) is 0 Å². The van der Waals surface area contributed by atoms with Crippen molar-refractivity contribution in [1.29, 1.82) is 0 Å². The zero-order valence-electron chi connectivity index (χ0n) is 11.6. The summed E-state index contributed by atoms with van der Waals surface area (Å²) in [5, 5.41) is 9.15. The molecular formula is C16H19NO3. The van der Waals surface area contributed by atoms with Gasteiger partial charge < -0.3 is 10.0 Å². The fourth-order valence-corrected chi connectivity index (χ4v) is 3.46. The zero-order valence-corrected chi connectivity index (χ0v) is 11.6. The quantitative estimate of drug-likeness (QED) is 0.890. The van der Waals surface area contributed by atoms with Gasteiger partial charge in [-0.1, -0.05) is 31.2 Å². The van der Waals surface area contributed by atoms with E-state index in [0.29, 0.717) is 13.1 Å². The Morgan fingerprint density at radius 2 is 1.75 bits per heavy atom. The van der Waals surface area contributed by atoms with Crippen LogP contribution in [-0.2, 0) is 22.4 Å². The number of nitrogens with zero attached hydrogens (tertiary/aromatic N) is 1. The Morgan fingerprint density at radius 1 is 1.15 bits per heavy atom. The average molecular weight is 273 g/mol. The first-order valence-corrected chi connectivity index (χ1v) is 7.14. The van der Waals surface area contributed by atoms with Crippen molar-refractivity contribution in [2.75, 3.05) is 13.1 Å². The van der Waals surface area contributed by atoms with Crippen LogP contribution in [0.4, 0.5) is 0 Å². The van der Waals surface area contributed by atoms with Crippen LogP contribution >= 0.6 is 0 Å². The number of carboxylic acids is 1. The first kappa shape index (κ1) is 13.2. The maximum absolute atomic E-state index is 12.6. The molecule has 2 aliphatic rings. The van der Waals surface area contributed by atoms with Gasteiger partial charge in [0.25, 0.3) is 0 Å². The van der Waals surface area contributed by atoms with Crippen molar-refractivity contribution in [3.63, 3.8) is 0 Å². The Kier molecular flexibility index (Phi) is 3.24. The molecule has 0 saturated carbocycles. The maximum Gasteiger partial charge on any atom is 0.308 e. The second-order valence-corrected chi connectivity index (χ2v) is 6.04. The molecule has 0 aromatic heterocycles. The van der Waals surface area contributed by atoms with Crippen molar-refractivity contribution < 1.29 is 14.7 Å². The van der Waals surface area contributed by atoms with E-state index in [1.807, 2.05) is 19.1 Å². The molecule has 3 rings (SSSR count). The lowest BCUT2D eigenvalue weighted by Gasteiger charge is -2.20. The summed E-state index contributed by atoms with van der Waals surface area (Å²) >= 11 is 0. The average Bonchev–Trinajstić information content (AvgIpc) is 3.01. The number of hydrogen-bond donors (Lipinski definition) is 1. The summed E-state index contributed by atoms with van der Waals surface area (Å²) in [4.78, 5) is 25.5. The van der Waals surface area contributed by atoms with E-state index in [0.717, 1.165) is 12.8 Å². The summed E-state index contributed by atoms with van der Waals surface area (Å²) in [6, 6.07) is 8.17. The number of fused-ring (bicyclic) bond motifs is 1. The summed E-state index contributed by atoms with van der Waals surface area (Å²) in [6.45, 7) is 2.85. The van der Waals surface area contributed by atoms with E-state index in [1.165, 1.54) is 11.1 Å². The van der Waals surface area contributed by atoms with Crippen LogP contribution < -0.4 is 0 Å². The number of rotatable bonds is 2. The van der Waals surface area contributed by atoms with Crippen LogP contribution in [0.1, 0.15) is 18.1 Å². The van der Waals surface area contributed by atoms with Crippen LogP contribution in [0.2, 0.25) is 0 Å². The summed E-state index contributed by atoms with van der Waals surface area (Å²) in [6.07, 6.45) is 1.58. The van der Waals surface area contributed by atoms with Crippen LogP contribution in [0.25, 0.3) is 0 Å². The molecule has 1 aromatic carbocycles. The van der Waals surface area contributed by atoms with Crippen molar-refractivity contribution in [2.24, 2.45) is 17.8 Å². The fraction of sp³-hybridized carbons (Fsp3) is 0.500. The number of carbonyl (C=O) groups is 2. The fourth-order valence-electron chi connectivity index (χ4n) is 3.46. The van der Waals surface area contributed by atoms with Crippen LogP contribution in [0, 0.1) is 17.8 Å². The number of likely N-dealkylation sites (tertiary alicyclic amines) is 1. The van der Waals surface area contributed by atoms with Gasteiger partial charge in [-0.05, 0) is 29.9 Å². The smallest absolute Gasteiger partial charge is 0.308 e. The predicted octanol–water partition coefficient (Wildman–Crippen LogP) is 1.58. The largest absolute Gasteiger partial charge is 0.481 e. The molecule has 106 valence electrons. The molecule has 1 saturated heterocycles. The molecule has 4 heteroatoms. The third-order valence-corrected chi connectivity index (χ3v) is 4.64. The lowest BCUT2D eigenvalue weighted by Crippen LogP contribution is -2.35. The van der Waals surface area contributed by atoms with E-state index in [4.69, 9.17) is 5.11 Å². The maximum atomic E-state index is 12.6. The van der Waals surface area contributed by atoms with Crippen molar-refractivity contribution >= 4 is 11.9 Å². The molecule has 2 atom stereocenters. The molecule has 0 radical (unpaired) electrons. The molecule has 0 spiro atoms. The molecule has 1 fully saturated rings. The van der Waals surface area contributed by atoms with Gasteiger partial charge in [0.15, 0.2) is 0 Å². The third kappa shape index (κ3) is 2.19. The molecule has 0 bridgehead atoms. The van der Waals surface area contributed by atoms with E-state index in [9.17, 15) is 9.59 Å². The molecule has 4 nitrogen and oxygen atoms in total. The molecule has 1 heterocycles. The van der Waals surface area contributed by atoms with Gasteiger partial charge in [-0.2, -0.15) is 0 Å². The standard InChI is InChI=1S/C16H19NO3/c1-10-8-17(9-14(10)16(19)20)15(18)13-6-11-4-2-3-5-12(11)7-13/h2-5,10,13-14H,6-9H2,1H3,(H,19,20)/t10-,14-/m1/s1. The van der Waals surface area contributed by atoms with Gasteiger partial charge in [-0.15, -0.1) is 0 Å². The molecule has 1 aromatic rings. The van der Waals surface area contributed by atoms with Crippen LogP contribution in [-0.4, -0.2) is 35.0 Å². The van der Waals surface area contributed by atoms with Gasteiger partial charge >= 0.3 is 5.97 Å². The SMILES string of the molecule is C[C@@H]1CN(C(=O)C2Cc3ccccc3C2)C[C@H]1C(=O)O. The Bertz CT molecular complexity index is 529. The number of carboxylic acid groups (broad SMARTS) is 1. The summed E-state index contributed by atoms with van der Waals surface area (Å²) in [7, 11) is 0. The van der Waals surface area contributed by atoms with Gasteiger partial charge in [-0.3, -0.25) is 9.59 Å². The highest BCUT2D eigenvalue weighted by molar-refractivity contribution is 5.82. The molecule has 1 aliphatic heterocycles. The normalized spacial score (nSPS) is 25.8. The van der Waals surface area contributed by atoms with E-state index in [2.05, 4.69) is 12.1 Å². The van der Waals surface area contributed by atoms with E-state index in [-0.39, 0.29) is 17.7 Å². The highest BCUT2D eigenvalue weighted by Crippen LogP contribution is 2.31. The minimum Gasteiger partial charge on any atom is -0.481 e. The summed E-state index contributed by atoms with van der Waals surface area (Å²) in [5.41, 5.74) is 2.51. The number of aliphatic carboxylic acids is 1. The highest BCUT2D eigenvalue weighted by atomic mass is 16.4. The lowest BCUT2D eigenvalue weighted by molar-refractivity contribution is -0.142. The predicted molar refractivity (Wildman–Crippen MR) is 74.2 cm³/mol. The Balaban J connectivity index is 1.69. The van der Waals surface area contributed by atoms with E-state index < -0.39 is 11.9 Å². The highest BCUT2D eigenvalue weighted by Gasteiger charge is 2.40. The van der Waals surface area contributed by atoms with Crippen molar-refractivity contribution in [1.82, 2.24) is 4.90 Å². The summed E-state index contributed by atoms with van der Waals surface area (Å²) < 4.78 is 0. The molecule has 1 amide bonds. The van der Waals surface area contributed by atoms with Crippen molar-refractivity contribution in [3.05, 3.63) is 35.4 Å². The monoisotopic (exact) mass is 273 g/mol. The molecule has 1 aliphatic carbocycles. The lowest BCUT2D eigenvalue weighted by atomic mass is 9.99. The summed E-state index contributed by atoms with van der Waals surface area (Å²) in [5.74, 6) is -1.05. The van der Waals surface area contributed by atoms with Gasteiger partial charge in [0.1, 0.15) is 0 Å². The number of benzene rings is 1. The van der Waals surface area contributed by atoms with E-state index in [1.54, 1.807) is 4.90 Å². The Hall–Kier alpha value is -1.84. The number of hydrogen-bond acceptors (Lipinski definition) is 2. The number of amides is 1. The topological polar surface area (TPSA) is 57.6 Å². The first-order chi connectivity index (χ1) is 9.56. The first-order valence-electron chi connectivity index (χ1n) is 7.14. The van der Waals surface area contributed by atoms with Gasteiger partial charge in [0, 0.05) is 19.0 Å². The minimum atomic E-state index is -0.789. The van der Waals surface area contributed by atoms with Crippen molar-refractivity contribution in [2.45, 2.75) is 19.8 Å². The molecule has 20 heavy (non-hydrogen) atoms. The Labute approximate surface area is 118 Å². The molecular weight excluding hydrogens is 254 g/mol. The van der Waals surface area contributed by atoms with Crippen LogP contribution in [0.5, 0.6) is 0 Å².